The summed E-state index contributed by atoms with van der Waals surface area (Å²) < 4.78 is 6.26. The number of ether oxygens (including phenoxy) is 1. The third-order valence-electron chi connectivity index (χ3n) is 4.47. The van der Waals surface area contributed by atoms with Crippen molar-refractivity contribution in [2.24, 2.45) is 0 Å². The normalized spacial score (nSPS) is 15.0. The van der Waals surface area contributed by atoms with Crippen LogP contribution in [0.1, 0.15) is 36.1 Å². The van der Waals surface area contributed by atoms with Crippen molar-refractivity contribution in [1.29, 1.82) is 0 Å². The Morgan fingerprint density at radius 2 is 1.79 bits per heavy atom. The lowest BCUT2D eigenvalue weighted by atomic mass is 10.2. The van der Waals surface area contributed by atoms with Crippen molar-refractivity contribution in [3.63, 3.8) is 0 Å². The summed E-state index contributed by atoms with van der Waals surface area (Å²) in [5, 5.41) is 3.81. The number of ketones is 1. The van der Waals surface area contributed by atoms with Crippen LogP contribution in [0.4, 0.5) is 10.7 Å². The molecule has 4 heterocycles. The molecule has 0 aromatic carbocycles. The molecule has 0 N–H and O–H groups in total. The second-order valence-corrected chi connectivity index (χ2v) is 9.63. The summed E-state index contributed by atoms with van der Waals surface area (Å²) in [6, 6.07) is 5.59. The molecule has 1 saturated heterocycles. The number of rotatable bonds is 3. The third-order valence-corrected chi connectivity index (χ3v) is 6.25. The van der Waals surface area contributed by atoms with Crippen LogP contribution in [0.5, 0.6) is 0 Å². The second kappa shape index (κ2) is 7.72. The first kappa shape index (κ1) is 19.8. The lowest BCUT2D eigenvalue weighted by Crippen LogP contribution is -2.50. The zero-order valence-corrected chi connectivity index (χ0v) is 18.2. The van der Waals surface area contributed by atoms with Crippen molar-refractivity contribution in [2.75, 3.05) is 31.1 Å². The van der Waals surface area contributed by atoms with Gasteiger partial charge in [0.2, 0.25) is 11.7 Å². The van der Waals surface area contributed by atoms with E-state index >= 15 is 0 Å². The summed E-state index contributed by atoms with van der Waals surface area (Å²) in [4.78, 5) is 38.9. The van der Waals surface area contributed by atoms with Gasteiger partial charge in [-0.05, 0) is 43.7 Å². The number of anilines is 1. The first-order valence-electron chi connectivity index (χ1n) is 9.38. The van der Waals surface area contributed by atoms with Crippen molar-refractivity contribution in [3.05, 3.63) is 39.5 Å². The van der Waals surface area contributed by atoms with Crippen LogP contribution in [0.15, 0.2) is 29.0 Å². The fourth-order valence-corrected chi connectivity index (χ4v) is 4.57. The number of fused-ring (bicyclic) bond motifs is 1. The minimum atomic E-state index is -0.516. The van der Waals surface area contributed by atoms with Crippen LogP contribution in [0, 0.1) is 0 Å². The van der Waals surface area contributed by atoms with Crippen LogP contribution in [-0.2, 0) is 4.74 Å². The zero-order valence-electron chi connectivity index (χ0n) is 16.5. The number of amides is 1. The number of carbonyl (C=O) groups excluding carboxylic acids is 2. The Morgan fingerprint density at radius 3 is 2.45 bits per heavy atom. The summed E-state index contributed by atoms with van der Waals surface area (Å²) in [6.45, 7) is 7.79. The quantitative estimate of drug-likeness (QED) is 0.584. The van der Waals surface area contributed by atoms with E-state index < -0.39 is 5.60 Å². The van der Waals surface area contributed by atoms with Gasteiger partial charge in [-0.3, -0.25) is 4.79 Å². The molecule has 0 spiro atoms. The first-order chi connectivity index (χ1) is 13.8. The highest BCUT2D eigenvalue weighted by molar-refractivity contribution is 7.17. The summed E-state index contributed by atoms with van der Waals surface area (Å²) in [6.07, 6.45) is -0.306. The molecule has 29 heavy (non-hydrogen) atoms. The lowest BCUT2D eigenvalue weighted by Gasteiger charge is -2.35. The third kappa shape index (κ3) is 4.25. The van der Waals surface area contributed by atoms with Gasteiger partial charge in [-0.1, -0.05) is 6.07 Å². The molecule has 0 radical (unpaired) electrons. The molecule has 0 aliphatic carbocycles. The Bertz CT molecular complexity index is 1030. The molecule has 1 aliphatic rings. The summed E-state index contributed by atoms with van der Waals surface area (Å²) in [5.41, 5.74) is 0.699. The molecule has 152 valence electrons. The largest absolute Gasteiger partial charge is 0.444 e. The van der Waals surface area contributed by atoms with E-state index in [0.717, 1.165) is 10.2 Å². The minimum absolute atomic E-state index is 0.0801. The lowest BCUT2D eigenvalue weighted by molar-refractivity contribution is 0.0240. The van der Waals surface area contributed by atoms with Gasteiger partial charge < -0.3 is 14.5 Å². The van der Waals surface area contributed by atoms with Gasteiger partial charge >= 0.3 is 6.09 Å². The minimum Gasteiger partial charge on any atom is -0.444 e. The van der Waals surface area contributed by atoms with E-state index in [4.69, 9.17) is 4.74 Å². The van der Waals surface area contributed by atoms with Crippen molar-refractivity contribution in [1.82, 2.24) is 14.9 Å². The molecule has 1 amide bonds. The van der Waals surface area contributed by atoms with Gasteiger partial charge in [0.15, 0.2) is 0 Å². The monoisotopic (exact) mass is 430 g/mol. The second-order valence-electron chi connectivity index (χ2n) is 7.77. The van der Waals surface area contributed by atoms with Crippen molar-refractivity contribution >= 4 is 50.7 Å². The van der Waals surface area contributed by atoms with Gasteiger partial charge in [0.1, 0.15) is 11.3 Å². The average Bonchev–Trinajstić information content (AvgIpc) is 3.37. The molecular weight excluding hydrogens is 408 g/mol. The Labute approximate surface area is 176 Å². The molecular formula is C20H22N4O3S2. The first-order valence-corrected chi connectivity index (χ1v) is 11.1. The number of piperazine rings is 1. The molecule has 3 aromatic rings. The Hall–Kier alpha value is -2.52. The molecule has 3 aromatic heterocycles. The van der Waals surface area contributed by atoms with Gasteiger partial charge in [-0.25, -0.2) is 14.8 Å². The highest BCUT2D eigenvalue weighted by atomic mass is 32.1. The van der Waals surface area contributed by atoms with Gasteiger partial charge in [0, 0.05) is 26.2 Å². The fraction of sp³-hybridized carbons (Fsp3) is 0.400. The summed E-state index contributed by atoms with van der Waals surface area (Å²) in [7, 11) is 0. The summed E-state index contributed by atoms with van der Waals surface area (Å²) in [5.74, 6) is 0.447. The van der Waals surface area contributed by atoms with Crippen LogP contribution in [0.25, 0.3) is 10.2 Å². The average molecular weight is 431 g/mol. The van der Waals surface area contributed by atoms with E-state index in [9.17, 15) is 9.59 Å². The summed E-state index contributed by atoms with van der Waals surface area (Å²) >= 11 is 2.88. The van der Waals surface area contributed by atoms with Gasteiger partial charge in [0.05, 0.1) is 15.1 Å². The van der Waals surface area contributed by atoms with E-state index in [2.05, 4.69) is 9.97 Å². The predicted octanol–water partition coefficient (Wildman–Crippen LogP) is 4.04. The Morgan fingerprint density at radius 1 is 1.03 bits per heavy atom. The highest BCUT2D eigenvalue weighted by Gasteiger charge is 2.28. The van der Waals surface area contributed by atoms with Crippen molar-refractivity contribution < 1.29 is 14.3 Å². The van der Waals surface area contributed by atoms with Gasteiger partial charge in [0.25, 0.3) is 0 Å². The fourth-order valence-electron chi connectivity index (χ4n) is 3.09. The van der Waals surface area contributed by atoms with Crippen LogP contribution in [0.3, 0.4) is 0 Å². The molecule has 0 unspecified atom stereocenters. The molecule has 0 atom stereocenters. The number of thiophene rings is 2. The predicted molar refractivity (Wildman–Crippen MR) is 115 cm³/mol. The molecule has 1 aliphatic heterocycles. The van der Waals surface area contributed by atoms with E-state index in [-0.39, 0.29) is 11.9 Å². The maximum Gasteiger partial charge on any atom is 0.410 e. The SMILES string of the molecule is CC(C)(C)OC(=O)N1CCN(c2nc(C(=O)c3cccs3)c3sccc3n2)CC1. The number of hydrogen-bond donors (Lipinski definition) is 0. The van der Waals surface area contributed by atoms with E-state index in [0.29, 0.717) is 42.7 Å². The molecule has 1 fully saturated rings. The molecule has 9 heteroatoms. The molecule has 7 nitrogen and oxygen atoms in total. The molecule has 4 rings (SSSR count). The zero-order chi connectivity index (χ0) is 20.6. The maximum atomic E-state index is 13.0. The highest BCUT2D eigenvalue weighted by Crippen LogP contribution is 2.28. The number of aromatic nitrogens is 2. The smallest absolute Gasteiger partial charge is 0.410 e. The van der Waals surface area contributed by atoms with Crippen LogP contribution in [-0.4, -0.2) is 58.5 Å². The van der Waals surface area contributed by atoms with Gasteiger partial charge in [-0.15, -0.1) is 22.7 Å². The Balaban J connectivity index is 1.55. The number of carbonyl (C=O) groups is 2. The van der Waals surface area contributed by atoms with Crippen molar-refractivity contribution in [3.8, 4) is 0 Å². The molecule has 0 bridgehead atoms. The van der Waals surface area contributed by atoms with E-state index in [1.807, 2.05) is 54.6 Å². The van der Waals surface area contributed by atoms with Crippen LogP contribution >= 0.6 is 22.7 Å². The Kier molecular flexibility index (Phi) is 5.26. The topological polar surface area (TPSA) is 75.6 Å². The maximum absolute atomic E-state index is 13.0. The van der Waals surface area contributed by atoms with Crippen LogP contribution in [0.2, 0.25) is 0 Å². The van der Waals surface area contributed by atoms with Crippen LogP contribution < -0.4 is 4.90 Å². The number of nitrogens with zero attached hydrogens (tertiary/aromatic N) is 4. The van der Waals surface area contributed by atoms with E-state index in [1.54, 1.807) is 4.90 Å². The van der Waals surface area contributed by atoms with Gasteiger partial charge in [-0.2, -0.15) is 0 Å². The molecule has 0 saturated carbocycles. The standard InChI is InChI=1S/C20H22N4O3S2/c1-20(2,3)27-19(26)24-9-7-23(8-10-24)18-21-13-6-12-29-17(13)15(22-18)16(25)14-5-4-11-28-14/h4-6,11-12H,7-10H2,1-3H3. The van der Waals surface area contributed by atoms with Crippen molar-refractivity contribution in [2.45, 2.75) is 26.4 Å². The number of hydrogen-bond acceptors (Lipinski definition) is 8. The van der Waals surface area contributed by atoms with E-state index in [1.165, 1.54) is 22.7 Å².